The summed E-state index contributed by atoms with van der Waals surface area (Å²) >= 11 is 0. The minimum absolute atomic E-state index is 0.200. The van der Waals surface area contributed by atoms with Gasteiger partial charge in [0, 0.05) is 20.2 Å². The van der Waals surface area contributed by atoms with Crippen LogP contribution in [0.2, 0.25) is 0 Å². The third kappa shape index (κ3) is 2.55. The van der Waals surface area contributed by atoms with Crippen LogP contribution in [0.25, 0.3) is 0 Å². The molecule has 0 radical (unpaired) electrons. The summed E-state index contributed by atoms with van der Waals surface area (Å²) < 4.78 is 5.18. The summed E-state index contributed by atoms with van der Waals surface area (Å²) in [4.78, 5) is 14.4. The van der Waals surface area contributed by atoms with Crippen molar-refractivity contribution >= 4 is 5.91 Å². The molecule has 2 aliphatic heterocycles. The molecular formula is C12H22N2O2. The Labute approximate surface area is 97.3 Å². The molecule has 0 aromatic rings. The maximum absolute atomic E-state index is 12.3. The Bertz CT molecular complexity index is 239. The minimum Gasteiger partial charge on any atom is -0.383 e. The summed E-state index contributed by atoms with van der Waals surface area (Å²) in [6, 6.07) is 0.319. The summed E-state index contributed by atoms with van der Waals surface area (Å²) in [5.74, 6) is 0.540. The Morgan fingerprint density at radius 1 is 1.44 bits per heavy atom. The average molecular weight is 226 g/mol. The Hall–Kier alpha value is -0.610. The van der Waals surface area contributed by atoms with Crippen LogP contribution in [0.3, 0.4) is 0 Å². The average Bonchev–Trinajstić information content (AvgIpc) is 2.78. The Balaban J connectivity index is 1.91. The predicted molar refractivity (Wildman–Crippen MR) is 62.2 cm³/mol. The van der Waals surface area contributed by atoms with Gasteiger partial charge in [-0.15, -0.1) is 0 Å². The Kier molecular flexibility index (Phi) is 4.18. The fourth-order valence-corrected chi connectivity index (χ4v) is 2.79. The van der Waals surface area contributed by atoms with Gasteiger partial charge < -0.3 is 15.0 Å². The molecular weight excluding hydrogens is 204 g/mol. The summed E-state index contributed by atoms with van der Waals surface area (Å²) in [5, 5.41) is 3.31. The third-order valence-corrected chi connectivity index (χ3v) is 3.67. The fraction of sp³-hybridized carbons (Fsp3) is 0.917. The molecule has 0 aromatic heterocycles. The molecule has 0 aromatic carbocycles. The molecule has 2 heterocycles. The van der Waals surface area contributed by atoms with E-state index in [0.29, 0.717) is 18.6 Å². The molecule has 2 saturated heterocycles. The van der Waals surface area contributed by atoms with Crippen LogP contribution in [-0.2, 0) is 9.53 Å². The van der Waals surface area contributed by atoms with Gasteiger partial charge in [-0.25, -0.2) is 0 Å². The van der Waals surface area contributed by atoms with Gasteiger partial charge in [0.15, 0.2) is 0 Å². The van der Waals surface area contributed by atoms with Gasteiger partial charge in [-0.3, -0.25) is 4.79 Å². The lowest BCUT2D eigenvalue weighted by Crippen LogP contribution is -2.46. The van der Waals surface area contributed by atoms with E-state index in [1.54, 1.807) is 7.11 Å². The largest absolute Gasteiger partial charge is 0.383 e. The number of nitrogens with zero attached hydrogens (tertiary/aromatic N) is 1. The highest BCUT2D eigenvalue weighted by Gasteiger charge is 2.33. The number of nitrogens with one attached hydrogen (secondary N) is 1. The molecule has 2 fully saturated rings. The number of methoxy groups -OCH3 is 1. The van der Waals surface area contributed by atoms with Crippen molar-refractivity contribution in [3.05, 3.63) is 0 Å². The molecule has 0 bridgehead atoms. The van der Waals surface area contributed by atoms with Gasteiger partial charge >= 0.3 is 0 Å². The zero-order valence-corrected chi connectivity index (χ0v) is 10.1. The van der Waals surface area contributed by atoms with Crippen molar-refractivity contribution in [3.63, 3.8) is 0 Å². The molecule has 92 valence electrons. The zero-order chi connectivity index (χ0) is 11.4. The number of amides is 1. The molecule has 2 aliphatic rings. The van der Waals surface area contributed by atoms with E-state index in [1.165, 1.54) is 0 Å². The molecule has 0 spiro atoms. The number of carbonyl (C=O) groups is 1. The summed E-state index contributed by atoms with van der Waals surface area (Å²) in [7, 11) is 1.71. The van der Waals surface area contributed by atoms with Crippen LogP contribution in [-0.4, -0.2) is 50.2 Å². The first-order valence-corrected chi connectivity index (χ1v) is 6.33. The molecule has 16 heavy (non-hydrogen) atoms. The van der Waals surface area contributed by atoms with Crippen LogP contribution in [0.15, 0.2) is 0 Å². The van der Waals surface area contributed by atoms with Gasteiger partial charge in [-0.2, -0.15) is 0 Å². The van der Waals surface area contributed by atoms with E-state index < -0.39 is 0 Å². The van der Waals surface area contributed by atoms with Crippen LogP contribution in [0.5, 0.6) is 0 Å². The van der Waals surface area contributed by atoms with Crippen molar-refractivity contribution in [3.8, 4) is 0 Å². The Morgan fingerprint density at radius 2 is 2.31 bits per heavy atom. The van der Waals surface area contributed by atoms with Crippen molar-refractivity contribution in [1.29, 1.82) is 0 Å². The second kappa shape index (κ2) is 5.64. The van der Waals surface area contributed by atoms with E-state index in [4.69, 9.17) is 4.74 Å². The van der Waals surface area contributed by atoms with E-state index in [9.17, 15) is 4.79 Å². The van der Waals surface area contributed by atoms with Gasteiger partial charge in [0.05, 0.1) is 18.6 Å². The van der Waals surface area contributed by atoms with E-state index in [-0.39, 0.29) is 5.92 Å². The number of ether oxygens (including phenoxy) is 1. The molecule has 0 saturated carbocycles. The summed E-state index contributed by atoms with van der Waals surface area (Å²) in [6.45, 7) is 3.52. The van der Waals surface area contributed by atoms with E-state index in [0.717, 1.165) is 45.3 Å². The lowest BCUT2D eigenvalue weighted by atomic mass is 9.98. The number of rotatable bonds is 3. The highest BCUT2D eigenvalue weighted by Crippen LogP contribution is 2.22. The maximum atomic E-state index is 12.3. The van der Waals surface area contributed by atoms with Crippen molar-refractivity contribution < 1.29 is 9.53 Å². The van der Waals surface area contributed by atoms with Crippen molar-refractivity contribution in [2.75, 3.05) is 33.4 Å². The molecule has 1 N–H and O–H groups in total. The Morgan fingerprint density at radius 3 is 3.00 bits per heavy atom. The highest BCUT2D eigenvalue weighted by molar-refractivity contribution is 5.79. The third-order valence-electron chi connectivity index (χ3n) is 3.67. The second-order valence-electron chi connectivity index (χ2n) is 4.83. The number of likely N-dealkylation sites (tertiary alicyclic amines) is 1. The number of hydrogen-bond donors (Lipinski definition) is 1. The van der Waals surface area contributed by atoms with E-state index >= 15 is 0 Å². The molecule has 2 rings (SSSR count). The topological polar surface area (TPSA) is 41.6 Å². The molecule has 2 atom stereocenters. The van der Waals surface area contributed by atoms with Gasteiger partial charge in [0.25, 0.3) is 0 Å². The van der Waals surface area contributed by atoms with Crippen molar-refractivity contribution in [2.24, 2.45) is 5.92 Å². The van der Waals surface area contributed by atoms with Crippen molar-refractivity contribution in [1.82, 2.24) is 10.2 Å². The molecule has 0 aliphatic carbocycles. The first kappa shape index (κ1) is 11.9. The van der Waals surface area contributed by atoms with Gasteiger partial charge in [-0.1, -0.05) is 0 Å². The van der Waals surface area contributed by atoms with Gasteiger partial charge in [0.1, 0.15) is 0 Å². The minimum atomic E-state index is 0.200. The molecule has 0 unspecified atom stereocenters. The van der Waals surface area contributed by atoms with Crippen LogP contribution < -0.4 is 5.32 Å². The quantitative estimate of drug-likeness (QED) is 0.767. The monoisotopic (exact) mass is 226 g/mol. The zero-order valence-electron chi connectivity index (χ0n) is 10.1. The molecule has 4 nitrogen and oxygen atoms in total. The second-order valence-corrected chi connectivity index (χ2v) is 4.83. The lowest BCUT2D eigenvalue weighted by molar-refractivity contribution is -0.137. The molecule has 4 heteroatoms. The van der Waals surface area contributed by atoms with Crippen LogP contribution in [0, 0.1) is 5.92 Å². The summed E-state index contributed by atoms with van der Waals surface area (Å²) in [5.41, 5.74) is 0. The first-order valence-electron chi connectivity index (χ1n) is 6.33. The normalized spacial score (nSPS) is 30.7. The SMILES string of the molecule is COC[C@@H]1CCCN1C(=O)[C@@H]1CCCNC1. The van der Waals surface area contributed by atoms with Crippen LogP contribution in [0.1, 0.15) is 25.7 Å². The first-order chi connectivity index (χ1) is 7.83. The number of hydrogen-bond acceptors (Lipinski definition) is 3. The smallest absolute Gasteiger partial charge is 0.227 e. The van der Waals surface area contributed by atoms with E-state index in [2.05, 4.69) is 5.32 Å². The number of carbonyl (C=O) groups excluding carboxylic acids is 1. The molecule has 1 amide bonds. The standard InChI is InChI=1S/C12H22N2O2/c1-16-9-11-5-3-7-14(11)12(15)10-4-2-6-13-8-10/h10-11,13H,2-9H2,1H3/t10-,11+/m1/s1. The maximum Gasteiger partial charge on any atom is 0.227 e. The van der Waals surface area contributed by atoms with E-state index in [1.807, 2.05) is 4.90 Å². The van der Waals surface area contributed by atoms with Gasteiger partial charge in [0.2, 0.25) is 5.91 Å². The van der Waals surface area contributed by atoms with Crippen LogP contribution >= 0.6 is 0 Å². The fourth-order valence-electron chi connectivity index (χ4n) is 2.79. The van der Waals surface area contributed by atoms with Gasteiger partial charge in [-0.05, 0) is 32.2 Å². The summed E-state index contributed by atoms with van der Waals surface area (Å²) in [6.07, 6.45) is 4.39. The lowest BCUT2D eigenvalue weighted by Gasteiger charge is -2.30. The van der Waals surface area contributed by atoms with Crippen LogP contribution in [0.4, 0.5) is 0 Å². The highest BCUT2D eigenvalue weighted by atomic mass is 16.5. The number of piperidine rings is 1. The van der Waals surface area contributed by atoms with Crippen molar-refractivity contribution in [2.45, 2.75) is 31.7 Å². The predicted octanol–water partition coefficient (Wildman–Crippen LogP) is 0.623.